The lowest BCUT2D eigenvalue weighted by Crippen LogP contribution is -2.13. The molecule has 0 aliphatic heterocycles. The van der Waals surface area contributed by atoms with Gasteiger partial charge in [0.25, 0.3) is 0 Å². The predicted molar refractivity (Wildman–Crippen MR) is 120 cm³/mol. The summed E-state index contributed by atoms with van der Waals surface area (Å²) in [4.78, 5) is 0. The molecule has 0 radical (unpaired) electrons. The molecule has 0 spiro atoms. The van der Waals surface area contributed by atoms with Gasteiger partial charge in [0, 0.05) is 30.1 Å². The van der Waals surface area contributed by atoms with Crippen molar-refractivity contribution in [2.75, 3.05) is 0 Å². The number of hydrogen-bond donors (Lipinski definition) is 2. The molecule has 0 saturated carbocycles. The molecule has 1 rings (SSSR count). The summed E-state index contributed by atoms with van der Waals surface area (Å²) in [6.07, 6.45) is 9.90. The highest BCUT2D eigenvalue weighted by atomic mass is 14.9. The minimum Gasteiger partial charge on any atom is -0.384 e. The first-order valence-electron chi connectivity index (χ1n) is 9.50. The van der Waals surface area contributed by atoms with Crippen molar-refractivity contribution in [1.82, 2.24) is 10.6 Å². The smallest absolute Gasteiger partial charge is 0.0407 e. The molecular formula is C25H34N2. The van der Waals surface area contributed by atoms with Crippen LogP contribution in [0, 0.1) is 0 Å². The zero-order chi connectivity index (χ0) is 20.2. The second-order valence-corrected chi connectivity index (χ2v) is 6.56. The van der Waals surface area contributed by atoms with E-state index >= 15 is 0 Å². The average molecular weight is 363 g/mol. The summed E-state index contributed by atoms with van der Waals surface area (Å²) in [6, 6.07) is 8.53. The second-order valence-electron chi connectivity index (χ2n) is 6.56. The Morgan fingerprint density at radius 3 is 2.37 bits per heavy atom. The molecule has 2 heteroatoms. The molecule has 0 amide bonds. The maximum absolute atomic E-state index is 4.13. The summed E-state index contributed by atoms with van der Waals surface area (Å²) in [5.74, 6) is 0. The number of rotatable bonds is 11. The molecule has 0 saturated heterocycles. The highest BCUT2D eigenvalue weighted by Crippen LogP contribution is 2.12. The third-order valence-corrected chi connectivity index (χ3v) is 4.58. The quantitative estimate of drug-likeness (QED) is 0.450. The van der Waals surface area contributed by atoms with Crippen LogP contribution in [0.1, 0.15) is 45.2 Å². The molecule has 2 nitrogen and oxygen atoms in total. The van der Waals surface area contributed by atoms with E-state index in [2.05, 4.69) is 80.6 Å². The van der Waals surface area contributed by atoms with Crippen molar-refractivity contribution in [1.29, 1.82) is 0 Å². The largest absolute Gasteiger partial charge is 0.384 e. The van der Waals surface area contributed by atoms with Gasteiger partial charge in [-0.3, -0.25) is 0 Å². The van der Waals surface area contributed by atoms with E-state index in [1.807, 2.05) is 26.0 Å². The lowest BCUT2D eigenvalue weighted by molar-refractivity contribution is 0.784. The van der Waals surface area contributed by atoms with Gasteiger partial charge in [-0.05, 0) is 55.5 Å². The highest BCUT2D eigenvalue weighted by molar-refractivity contribution is 5.36. The SMILES string of the molecule is C=C/C(NC(=C)/C(C)=C/C)=C(C)\C=C/CC(=C)NCc1ccccc1CC. The number of allylic oxidation sites excluding steroid dienone is 6. The van der Waals surface area contributed by atoms with Gasteiger partial charge in [0.15, 0.2) is 0 Å². The standard InChI is InChI=1S/C25H34N2/c1-8-19(4)22(7)27-25(10-3)20(5)14-13-15-21(6)26-18-24-17-12-11-16-23(24)9-2/h8,10-14,16-17,26-27H,3,6-7,9,15,18H2,1-2,4-5H3/b14-13-,19-8+,25-20+. The van der Waals surface area contributed by atoms with Crippen LogP contribution in [-0.4, -0.2) is 0 Å². The van der Waals surface area contributed by atoms with Crippen LogP contribution in [0.4, 0.5) is 0 Å². The van der Waals surface area contributed by atoms with Crippen LogP contribution in [0.3, 0.4) is 0 Å². The van der Waals surface area contributed by atoms with Crippen molar-refractivity contribution in [2.45, 2.75) is 47.1 Å². The van der Waals surface area contributed by atoms with Crippen molar-refractivity contribution in [3.8, 4) is 0 Å². The second kappa shape index (κ2) is 11.8. The highest BCUT2D eigenvalue weighted by Gasteiger charge is 2.01. The van der Waals surface area contributed by atoms with Crippen LogP contribution < -0.4 is 10.6 Å². The minimum absolute atomic E-state index is 0.783. The number of aryl methyl sites for hydroxylation is 1. The third-order valence-electron chi connectivity index (χ3n) is 4.58. The molecule has 1 aromatic carbocycles. The van der Waals surface area contributed by atoms with Crippen molar-refractivity contribution >= 4 is 0 Å². The molecule has 0 unspecified atom stereocenters. The van der Waals surface area contributed by atoms with Gasteiger partial charge in [-0.1, -0.05) is 69.2 Å². The fourth-order valence-electron chi connectivity index (χ4n) is 2.58. The third kappa shape index (κ3) is 7.57. The summed E-state index contributed by atoms with van der Waals surface area (Å²) in [6.45, 7) is 21.2. The van der Waals surface area contributed by atoms with Crippen LogP contribution in [0.15, 0.2) is 96.5 Å². The Bertz CT molecular complexity index is 760. The number of hydrogen-bond acceptors (Lipinski definition) is 2. The van der Waals surface area contributed by atoms with Crippen LogP contribution in [0.5, 0.6) is 0 Å². The predicted octanol–water partition coefficient (Wildman–Crippen LogP) is 6.33. The zero-order valence-corrected chi connectivity index (χ0v) is 17.4. The van der Waals surface area contributed by atoms with E-state index in [9.17, 15) is 0 Å². The molecule has 1 aromatic rings. The molecule has 0 aliphatic rings. The molecule has 0 bridgehead atoms. The van der Waals surface area contributed by atoms with Gasteiger partial charge in [-0.25, -0.2) is 0 Å². The molecule has 27 heavy (non-hydrogen) atoms. The molecule has 2 N–H and O–H groups in total. The van der Waals surface area contributed by atoms with Crippen molar-refractivity contribution < 1.29 is 0 Å². The number of benzene rings is 1. The van der Waals surface area contributed by atoms with Crippen molar-refractivity contribution in [3.63, 3.8) is 0 Å². The molecule has 0 aliphatic carbocycles. The average Bonchev–Trinajstić information content (AvgIpc) is 2.69. The Hall–Kier alpha value is -2.74. The molecular weight excluding hydrogens is 328 g/mol. The number of nitrogens with one attached hydrogen (secondary N) is 2. The first kappa shape index (κ1) is 22.3. The summed E-state index contributed by atoms with van der Waals surface area (Å²) in [5, 5.41) is 6.75. The molecule has 0 heterocycles. The van der Waals surface area contributed by atoms with E-state index in [1.165, 1.54) is 11.1 Å². The Balaban J connectivity index is 2.61. The summed E-state index contributed by atoms with van der Waals surface area (Å²) >= 11 is 0. The monoisotopic (exact) mass is 362 g/mol. The minimum atomic E-state index is 0.783. The van der Waals surface area contributed by atoms with E-state index in [4.69, 9.17) is 0 Å². The molecule has 0 aromatic heterocycles. The van der Waals surface area contributed by atoms with Gasteiger partial charge in [0.1, 0.15) is 0 Å². The van der Waals surface area contributed by atoms with Crippen molar-refractivity contribution in [3.05, 3.63) is 108 Å². The van der Waals surface area contributed by atoms with E-state index in [0.717, 1.165) is 47.6 Å². The lowest BCUT2D eigenvalue weighted by atomic mass is 10.1. The van der Waals surface area contributed by atoms with Crippen LogP contribution in [0.25, 0.3) is 0 Å². The van der Waals surface area contributed by atoms with Gasteiger partial charge < -0.3 is 10.6 Å². The Kier molecular flexibility index (Phi) is 9.74. The van der Waals surface area contributed by atoms with Gasteiger partial charge in [-0.2, -0.15) is 0 Å². The van der Waals surface area contributed by atoms with E-state index in [0.29, 0.717) is 0 Å². The topological polar surface area (TPSA) is 24.1 Å². The fourth-order valence-corrected chi connectivity index (χ4v) is 2.58. The Morgan fingerprint density at radius 2 is 1.78 bits per heavy atom. The van der Waals surface area contributed by atoms with Crippen molar-refractivity contribution in [2.24, 2.45) is 0 Å². The first-order valence-corrected chi connectivity index (χ1v) is 9.50. The fraction of sp³-hybridized carbons (Fsp3) is 0.280. The van der Waals surface area contributed by atoms with E-state index in [1.54, 1.807) is 0 Å². The van der Waals surface area contributed by atoms with Crippen LogP contribution in [-0.2, 0) is 13.0 Å². The van der Waals surface area contributed by atoms with E-state index in [-0.39, 0.29) is 0 Å². The molecule has 144 valence electrons. The maximum atomic E-state index is 4.13. The van der Waals surface area contributed by atoms with Crippen LogP contribution >= 0.6 is 0 Å². The Morgan fingerprint density at radius 1 is 1.11 bits per heavy atom. The first-order chi connectivity index (χ1) is 12.9. The maximum Gasteiger partial charge on any atom is 0.0407 e. The lowest BCUT2D eigenvalue weighted by Gasteiger charge is -2.13. The Labute approximate surface area is 165 Å². The summed E-state index contributed by atoms with van der Waals surface area (Å²) in [7, 11) is 0. The zero-order valence-electron chi connectivity index (χ0n) is 17.4. The summed E-state index contributed by atoms with van der Waals surface area (Å²) < 4.78 is 0. The summed E-state index contributed by atoms with van der Waals surface area (Å²) in [5.41, 5.74) is 7.80. The van der Waals surface area contributed by atoms with Gasteiger partial charge >= 0.3 is 0 Å². The molecule has 0 fully saturated rings. The normalized spacial score (nSPS) is 12.5. The van der Waals surface area contributed by atoms with Crippen LogP contribution in [0.2, 0.25) is 0 Å². The van der Waals surface area contributed by atoms with Gasteiger partial charge in [0.05, 0.1) is 0 Å². The van der Waals surface area contributed by atoms with Gasteiger partial charge in [0.2, 0.25) is 0 Å². The van der Waals surface area contributed by atoms with E-state index < -0.39 is 0 Å². The van der Waals surface area contributed by atoms with Gasteiger partial charge in [-0.15, -0.1) is 0 Å². The molecule has 0 atom stereocenters.